The van der Waals surface area contributed by atoms with E-state index in [1.807, 2.05) is 0 Å². The number of hydrogen-bond donors (Lipinski definition) is 1. The van der Waals surface area contributed by atoms with Crippen molar-refractivity contribution in [2.24, 2.45) is 0 Å². The van der Waals surface area contributed by atoms with Crippen molar-refractivity contribution in [3.8, 4) is 6.07 Å². The zero-order valence-corrected chi connectivity index (χ0v) is 8.44. The molecule has 0 saturated heterocycles. The molecule has 0 aliphatic carbocycles. The van der Waals surface area contributed by atoms with Crippen LogP contribution in [-0.4, -0.2) is 4.98 Å². The number of aromatic nitrogens is 1. The molecule has 0 bridgehead atoms. The molecule has 0 unspecified atom stereocenters. The van der Waals surface area contributed by atoms with E-state index in [0.717, 1.165) is 6.07 Å². The molecule has 1 rings (SSSR count). The topological polar surface area (TPSA) is 56.6 Å². The van der Waals surface area contributed by atoms with Crippen LogP contribution < -0.4 is 5.56 Å². The van der Waals surface area contributed by atoms with Crippen molar-refractivity contribution in [3.63, 3.8) is 0 Å². The van der Waals surface area contributed by atoms with Crippen LogP contribution in [0.4, 0.5) is 8.78 Å². The highest BCUT2D eigenvalue weighted by Gasteiger charge is 2.18. The van der Waals surface area contributed by atoms with E-state index in [4.69, 9.17) is 5.26 Å². The van der Waals surface area contributed by atoms with Gasteiger partial charge in [0.05, 0.1) is 17.2 Å². The molecule has 6 heteroatoms. The van der Waals surface area contributed by atoms with Gasteiger partial charge in [-0.2, -0.15) is 5.26 Å². The fourth-order valence-electron chi connectivity index (χ4n) is 1.07. The number of H-pyrrole nitrogens is 1. The van der Waals surface area contributed by atoms with E-state index in [9.17, 15) is 13.6 Å². The average Bonchev–Trinajstić information content (AvgIpc) is 2.15. The van der Waals surface area contributed by atoms with Crippen LogP contribution in [0.1, 0.15) is 23.2 Å². The summed E-state index contributed by atoms with van der Waals surface area (Å²) in [5.74, 6) is 0. The summed E-state index contributed by atoms with van der Waals surface area (Å²) >= 11 is 2.96. The van der Waals surface area contributed by atoms with Crippen LogP contribution >= 0.6 is 15.9 Å². The minimum absolute atomic E-state index is 0.0454. The lowest BCUT2D eigenvalue weighted by Gasteiger charge is -2.06. The molecule has 1 aromatic heterocycles. The molecule has 0 aliphatic rings. The molecular weight excluding hydrogens is 258 g/mol. The molecular formula is C8H5BrF2N2O. The number of alkyl halides is 3. The number of nitrogens with zero attached hydrogens (tertiary/aromatic N) is 1. The van der Waals surface area contributed by atoms with Gasteiger partial charge in [0.2, 0.25) is 5.56 Å². The van der Waals surface area contributed by atoms with Gasteiger partial charge in [-0.25, -0.2) is 8.78 Å². The number of nitrogens with one attached hydrogen (secondary N) is 1. The second-order valence-corrected chi connectivity index (χ2v) is 3.05. The number of nitriles is 1. The summed E-state index contributed by atoms with van der Waals surface area (Å²) in [6.45, 7) is 0. The Morgan fingerprint density at radius 1 is 1.64 bits per heavy atom. The van der Waals surface area contributed by atoms with Crippen LogP contribution in [0.15, 0.2) is 10.9 Å². The van der Waals surface area contributed by atoms with Crippen molar-refractivity contribution in [1.29, 1.82) is 5.26 Å². The van der Waals surface area contributed by atoms with Crippen LogP contribution in [-0.2, 0) is 5.33 Å². The summed E-state index contributed by atoms with van der Waals surface area (Å²) in [6.07, 6.45) is -2.77. The highest BCUT2D eigenvalue weighted by molar-refractivity contribution is 9.08. The second-order valence-electron chi connectivity index (χ2n) is 2.49. The summed E-state index contributed by atoms with van der Waals surface area (Å²) in [5.41, 5.74) is -1.20. The number of aromatic amines is 1. The van der Waals surface area contributed by atoms with Gasteiger partial charge in [-0.1, -0.05) is 15.9 Å². The molecule has 0 fully saturated rings. The molecule has 1 heterocycles. The highest BCUT2D eigenvalue weighted by Crippen LogP contribution is 2.25. The summed E-state index contributed by atoms with van der Waals surface area (Å²) in [6, 6.07) is 2.44. The minimum atomic E-state index is -2.77. The predicted octanol–water partition coefficient (Wildman–Crippen LogP) is 2.08. The molecule has 0 saturated carbocycles. The van der Waals surface area contributed by atoms with Crippen LogP contribution in [0.2, 0.25) is 0 Å². The van der Waals surface area contributed by atoms with E-state index in [-0.39, 0.29) is 16.6 Å². The number of hydrogen-bond acceptors (Lipinski definition) is 2. The normalized spacial score (nSPS) is 10.2. The minimum Gasteiger partial charge on any atom is -0.325 e. The maximum atomic E-state index is 12.5. The summed E-state index contributed by atoms with van der Waals surface area (Å²) in [7, 11) is 0. The SMILES string of the molecule is N#Cc1cc(=O)[nH]c(CBr)c1C(F)F. The summed E-state index contributed by atoms with van der Waals surface area (Å²) < 4.78 is 25.0. The smallest absolute Gasteiger partial charge is 0.266 e. The lowest BCUT2D eigenvalue weighted by Crippen LogP contribution is -2.12. The standard InChI is InChI=1S/C8H5BrF2N2O/c9-2-5-7(8(10)11)4(3-12)1-6(14)13-5/h1,8H,2H2,(H,13,14). The van der Waals surface area contributed by atoms with E-state index in [1.54, 1.807) is 6.07 Å². The maximum Gasteiger partial charge on any atom is 0.266 e. The van der Waals surface area contributed by atoms with E-state index in [1.165, 1.54) is 0 Å². The van der Waals surface area contributed by atoms with Gasteiger partial charge in [-0.3, -0.25) is 4.79 Å². The molecule has 0 atom stereocenters. The largest absolute Gasteiger partial charge is 0.325 e. The molecule has 14 heavy (non-hydrogen) atoms. The Labute approximate surface area is 86.5 Å². The fraction of sp³-hybridized carbons (Fsp3) is 0.250. The van der Waals surface area contributed by atoms with Gasteiger partial charge in [-0.15, -0.1) is 0 Å². The molecule has 1 aromatic rings. The Balaban J connectivity index is 3.51. The summed E-state index contributed by atoms with van der Waals surface area (Å²) in [5, 5.41) is 8.64. The monoisotopic (exact) mass is 262 g/mol. The molecule has 1 N–H and O–H groups in total. The zero-order chi connectivity index (χ0) is 10.7. The van der Waals surface area contributed by atoms with Gasteiger partial charge in [0, 0.05) is 17.1 Å². The van der Waals surface area contributed by atoms with Crippen molar-refractivity contribution >= 4 is 15.9 Å². The molecule has 0 radical (unpaired) electrons. The molecule has 0 amide bonds. The lowest BCUT2D eigenvalue weighted by molar-refractivity contribution is 0.149. The number of halogens is 3. The third kappa shape index (κ3) is 1.99. The quantitative estimate of drug-likeness (QED) is 0.830. The first-order valence-electron chi connectivity index (χ1n) is 3.60. The van der Waals surface area contributed by atoms with Gasteiger partial charge >= 0.3 is 0 Å². The summed E-state index contributed by atoms with van der Waals surface area (Å²) in [4.78, 5) is 13.2. The lowest BCUT2D eigenvalue weighted by atomic mass is 10.1. The Kier molecular flexibility index (Phi) is 3.36. The van der Waals surface area contributed by atoms with Crippen LogP contribution in [0, 0.1) is 11.3 Å². The third-order valence-electron chi connectivity index (χ3n) is 1.64. The highest BCUT2D eigenvalue weighted by atomic mass is 79.9. The van der Waals surface area contributed by atoms with Crippen molar-refractivity contribution < 1.29 is 8.78 Å². The maximum absolute atomic E-state index is 12.5. The Bertz CT molecular complexity index is 436. The Hall–Kier alpha value is -1.22. The zero-order valence-electron chi connectivity index (χ0n) is 6.85. The third-order valence-corrected chi connectivity index (χ3v) is 2.20. The van der Waals surface area contributed by atoms with E-state index < -0.39 is 17.5 Å². The van der Waals surface area contributed by atoms with Gasteiger partial charge in [-0.05, 0) is 0 Å². The second kappa shape index (κ2) is 4.33. The van der Waals surface area contributed by atoms with Crippen LogP contribution in [0.5, 0.6) is 0 Å². The average molecular weight is 263 g/mol. The Morgan fingerprint density at radius 2 is 2.29 bits per heavy atom. The predicted molar refractivity (Wildman–Crippen MR) is 49.4 cm³/mol. The first-order chi connectivity index (χ1) is 6.60. The van der Waals surface area contributed by atoms with E-state index in [2.05, 4.69) is 20.9 Å². The molecule has 0 aliphatic heterocycles. The number of rotatable bonds is 2. The van der Waals surface area contributed by atoms with Crippen LogP contribution in [0.3, 0.4) is 0 Å². The van der Waals surface area contributed by atoms with Crippen molar-refractivity contribution in [2.45, 2.75) is 11.8 Å². The molecule has 0 spiro atoms. The number of pyridine rings is 1. The van der Waals surface area contributed by atoms with Crippen molar-refractivity contribution in [1.82, 2.24) is 4.98 Å². The van der Waals surface area contributed by atoms with Crippen molar-refractivity contribution in [2.75, 3.05) is 0 Å². The van der Waals surface area contributed by atoms with Gasteiger partial charge < -0.3 is 4.98 Å². The first-order valence-corrected chi connectivity index (χ1v) is 4.72. The molecule has 74 valence electrons. The fourth-order valence-corrected chi connectivity index (χ4v) is 1.51. The van der Waals surface area contributed by atoms with Crippen molar-refractivity contribution in [3.05, 3.63) is 33.2 Å². The Morgan fingerprint density at radius 3 is 2.71 bits per heavy atom. The first kappa shape index (κ1) is 10.9. The van der Waals surface area contributed by atoms with Gasteiger partial charge in [0.25, 0.3) is 6.43 Å². The van der Waals surface area contributed by atoms with Gasteiger partial charge in [0.1, 0.15) is 0 Å². The molecule has 3 nitrogen and oxygen atoms in total. The van der Waals surface area contributed by atoms with E-state index in [0.29, 0.717) is 0 Å². The molecule has 0 aromatic carbocycles. The van der Waals surface area contributed by atoms with Crippen LogP contribution in [0.25, 0.3) is 0 Å². The van der Waals surface area contributed by atoms with Gasteiger partial charge in [0.15, 0.2) is 0 Å². The van der Waals surface area contributed by atoms with E-state index >= 15 is 0 Å².